The molecule has 3 rings (SSSR count). The van der Waals surface area contributed by atoms with E-state index in [9.17, 15) is 22.8 Å². The second kappa shape index (κ2) is 7.28. The van der Waals surface area contributed by atoms with Gasteiger partial charge in [0.25, 0.3) is 5.91 Å². The van der Waals surface area contributed by atoms with Crippen molar-refractivity contribution in [2.75, 3.05) is 5.32 Å². The predicted octanol–water partition coefficient (Wildman–Crippen LogP) is 3.71. The van der Waals surface area contributed by atoms with E-state index in [-0.39, 0.29) is 17.1 Å². The summed E-state index contributed by atoms with van der Waals surface area (Å²) in [5.74, 6) is -0.728. The van der Waals surface area contributed by atoms with Crippen LogP contribution in [0.3, 0.4) is 0 Å². The molecular weight excluding hydrogens is 367 g/mol. The van der Waals surface area contributed by atoms with Gasteiger partial charge in [0.05, 0.1) is 0 Å². The van der Waals surface area contributed by atoms with Crippen LogP contribution in [0.25, 0.3) is 6.08 Å². The molecule has 136 valence electrons. The van der Waals surface area contributed by atoms with Crippen LogP contribution in [0.15, 0.2) is 35.7 Å². The van der Waals surface area contributed by atoms with Crippen molar-refractivity contribution in [2.24, 2.45) is 0 Å². The molecular formula is C17H14F3N3O2S. The summed E-state index contributed by atoms with van der Waals surface area (Å²) in [6.45, 7) is 0. The lowest BCUT2D eigenvalue weighted by atomic mass is 10.1. The van der Waals surface area contributed by atoms with Crippen molar-refractivity contribution >= 4 is 34.4 Å². The molecule has 5 nitrogen and oxygen atoms in total. The maximum Gasteiger partial charge on any atom is 0.434 e. The minimum absolute atomic E-state index is 0.126. The van der Waals surface area contributed by atoms with Gasteiger partial charge in [-0.05, 0) is 36.6 Å². The van der Waals surface area contributed by atoms with Gasteiger partial charge in [0.2, 0.25) is 5.91 Å². The molecule has 0 aliphatic heterocycles. The van der Waals surface area contributed by atoms with Crippen molar-refractivity contribution in [1.29, 1.82) is 0 Å². The zero-order valence-electron chi connectivity index (χ0n) is 13.3. The average molecular weight is 381 g/mol. The molecule has 0 radical (unpaired) electrons. The number of nitrogens with one attached hydrogen (secondary N) is 2. The molecule has 9 heteroatoms. The summed E-state index contributed by atoms with van der Waals surface area (Å²) in [7, 11) is 0. The number of benzene rings is 1. The second-order valence-electron chi connectivity index (χ2n) is 5.73. The third-order valence-corrected chi connectivity index (χ3v) is 4.30. The molecule has 1 heterocycles. The summed E-state index contributed by atoms with van der Waals surface area (Å²) in [6.07, 6.45) is 0.156. The molecule has 0 saturated heterocycles. The zero-order chi connectivity index (χ0) is 18.7. The fourth-order valence-electron chi connectivity index (χ4n) is 2.02. The highest BCUT2D eigenvalue weighted by molar-refractivity contribution is 7.14. The number of rotatable bonds is 5. The Bertz CT molecular complexity index is 840. The van der Waals surface area contributed by atoms with Crippen molar-refractivity contribution < 1.29 is 22.8 Å². The molecule has 1 aliphatic carbocycles. The third-order valence-electron chi connectivity index (χ3n) is 3.54. The van der Waals surface area contributed by atoms with Gasteiger partial charge in [-0.2, -0.15) is 13.2 Å². The Hall–Kier alpha value is -2.68. The Morgan fingerprint density at radius 1 is 1.19 bits per heavy atom. The van der Waals surface area contributed by atoms with Crippen molar-refractivity contribution in [3.05, 3.63) is 52.5 Å². The lowest BCUT2D eigenvalue weighted by Crippen LogP contribution is -2.25. The maximum absolute atomic E-state index is 12.5. The van der Waals surface area contributed by atoms with Crippen LogP contribution in [0.5, 0.6) is 0 Å². The summed E-state index contributed by atoms with van der Waals surface area (Å²) in [5, 5.41) is 5.87. The molecule has 2 N–H and O–H groups in total. The van der Waals surface area contributed by atoms with Crippen LogP contribution in [0, 0.1) is 0 Å². The van der Waals surface area contributed by atoms with Crippen molar-refractivity contribution in [2.45, 2.75) is 25.1 Å². The number of carbonyl (C=O) groups is 2. The molecule has 0 atom stereocenters. The lowest BCUT2D eigenvalue weighted by Gasteiger charge is -2.03. The first-order chi connectivity index (χ1) is 12.3. The van der Waals surface area contributed by atoms with Crippen LogP contribution >= 0.6 is 11.3 Å². The zero-order valence-corrected chi connectivity index (χ0v) is 14.2. The first kappa shape index (κ1) is 18.1. The molecule has 0 spiro atoms. The van der Waals surface area contributed by atoms with Crippen LogP contribution in [0.1, 0.15) is 34.5 Å². The molecule has 2 aromatic rings. The molecule has 26 heavy (non-hydrogen) atoms. The molecule has 1 aromatic carbocycles. The first-order valence-corrected chi connectivity index (χ1v) is 8.62. The van der Waals surface area contributed by atoms with Gasteiger partial charge in [-0.3, -0.25) is 14.9 Å². The predicted molar refractivity (Wildman–Crippen MR) is 91.7 cm³/mol. The Morgan fingerprint density at radius 2 is 1.88 bits per heavy atom. The average Bonchev–Trinajstić information content (AvgIpc) is 3.27. The van der Waals surface area contributed by atoms with Crippen LogP contribution < -0.4 is 10.6 Å². The van der Waals surface area contributed by atoms with Crippen molar-refractivity contribution in [3.63, 3.8) is 0 Å². The number of amides is 2. The van der Waals surface area contributed by atoms with Gasteiger partial charge in [-0.15, -0.1) is 11.3 Å². The third kappa shape index (κ3) is 4.92. The van der Waals surface area contributed by atoms with Crippen molar-refractivity contribution in [3.8, 4) is 0 Å². The molecule has 1 saturated carbocycles. The Morgan fingerprint density at radius 3 is 2.46 bits per heavy atom. The standard InChI is InChI=1S/C17H14F3N3O2S/c18-17(19,20)13-9-26-16(22-13)23-14(24)8-3-10-1-4-11(5-2-10)15(25)21-12-6-7-12/h1-5,8-9,12H,6-7H2,(H,21,25)(H,22,23,24)/b8-3+. The van der Waals surface area contributed by atoms with Gasteiger partial charge in [-0.1, -0.05) is 12.1 Å². The molecule has 1 fully saturated rings. The molecule has 1 aromatic heterocycles. The van der Waals surface area contributed by atoms with E-state index in [1.807, 2.05) is 0 Å². The van der Waals surface area contributed by atoms with E-state index in [1.165, 1.54) is 12.2 Å². The highest BCUT2D eigenvalue weighted by atomic mass is 32.1. The van der Waals surface area contributed by atoms with E-state index in [1.54, 1.807) is 24.3 Å². The Labute approximate surface area is 150 Å². The lowest BCUT2D eigenvalue weighted by molar-refractivity contribution is -0.140. The first-order valence-electron chi connectivity index (χ1n) is 7.74. The number of thiazole rings is 1. The van der Waals surface area contributed by atoms with E-state index >= 15 is 0 Å². The number of aromatic nitrogens is 1. The van der Waals surface area contributed by atoms with E-state index in [0.29, 0.717) is 22.5 Å². The topological polar surface area (TPSA) is 71.1 Å². The van der Waals surface area contributed by atoms with Crippen LogP contribution in [-0.4, -0.2) is 22.8 Å². The van der Waals surface area contributed by atoms with Gasteiger partial charge in [0.1, 0.15) is 0 Å². The minimum Gasteiger partial charge on any atom is -0.349 e. The summed E-state index contributed by atoms with van der Waals surface area (Å²) in [5.41, 5.74) is 0.168. The molecule has 2 amide bonds. The summed E-state index contributed by atoms with van der Waals surface area (Å²) in [4.78, 5) is 27.0. The number of alkyl halides is 3. The van der Waals surface area contributed by atoms with E-state index in [0.717, 1.165) is 18.2 Å². The van der Waals surface area contributed by atoms with Crippen LogP contribution in [0.4, 0.5) is 18.3 Å². The van der Waals surface area contributed by atoms with Gasteiger partial charge < -0.3 is 5.32 Å². The fourth-order valence-corrected chi connectivity index (χ4v) is 2.74. The van der Waals surface area contributed by atoms with Gasteiger partial charge in [-0.25, -0.2) is 4.98 Å². The summed E-state index contributed by atoms with van der Waals surface area (Å²) >= 11 is 0.700. The number of halogens is 3. The largest absolute Gasteiger partial charge is 0.434 e. The second-order valence-corrected chi connectivity index (χ2v) is 6.59. The van der Waals surface area contributed by atoms with Crippen molar-refractivity contribution in [1.82, 2.24) is 10.3 Å². The molecule has 1 aliphatic rings. The monoisotopic (exact) mass is 381 g/mol. The molecule has 0 bridgehead atoms. The maximum atomic E-state index is 12.5. The van der Waals surface area contributed by atoms with Gasteiger partial charge in [0, 0.05) is 23.1 Å². The number of carbonyl (C=O) groups excluding carboxylic acids is 2. The SMILES string of the molecule is O=C(/C=C/c1ccc(C(=O)NC2CC2)cc1)Nc1nc(C(F)(F)F)cs1. The number of anilines is 1. The summed E-state index contributed by atoms with van der Waals surface area (Å²) < 4.78 is 37.4. The van der Waals surface area contributed by atoms with Crippen LogP contribution in [0.2, 0.25) is 0 Å². The summed E-state index contributed by atoms with van der Waals surface area (Å²) in [6, 6.07) is 6.92. The smallest absolute Gasteiger partial charge is 0.349 e. The van der Waals surface area contributed by atoms with Gasteiger partial charge >= 0.3 is 6.18 Å². The highest BCUT2D eigenvalue weighted by Crippen LogP contribution is 2.31. The fraction of sp³-hybridized carbons (Fsp3) is 0.235. The van der Waals surface area contributed by atoms with E-state index in [4.69, 9.17) is 0 Å². The quantitative estimate of drug-likeness (QED) is 0.776. The van der Waals surface area contributed by atoms with Gasteiger partial charge in [0.15, 0.2) is 10.8 Å². The Balaban J connectivity index is 1.55. The number of nitrogens with zero attached hydrogens (tertiary/aromatic N) is 1. The van der Waals surface area contributed by atoms with E-state index < -0.39 is 17.8 Å². The highest BCUT2D eigenvalue weighted by Gasteiger charge is 2.33. The Kier molecular flexibility index (Phi) is 5.08. The van der Waals surface area contributed by atoms with Crippen LogP contribution in [-0.2, 0) is 11.0 Å². The van der Waals surface area contributed by atoms with E-state index in [2.05, 4.69) is 15.6 Å². The number of hydrogen-bond donors (Lipinski definition) is 2. The molecule has 0 unspecified atom stereocenters. The number of hydrogen-bond acceptors (Lipinski definition) is 4. The minimum atomic E-state index is -4.54. The normalized spacial score (nSPS) is 14.4.